The molecule has 0 aliphatic rings. The highest BCUT2D eigenvalue weighted by atomic mass is 32.2. The molecule has 25 heavy (non-hydrogen) atoms. The SMILES string of the molecule is CSc1nc(-c2cccc(-c3ccc(F)cc3F)c2)c(C#N)c(=O)[nH]1. The van der Waals surface area contributed by atoms with E-state index in [1.807, 2.05) is 6.07 Å². The smallest absolute Gasteiger partial charge is 0.270 e. The molecule has 1 N–H and O–H groups in total. The molecule has 3 aromatic rings. The van der Waals surface area contributed by atoms with Gasteiger partial charge in [0.15, 0.2) is 5.16 Å². The van der Waals surface area contributed by atoms with Gasteiger partial charge in [-0.05, 0) is 30.0 Å². The van der Waals surface area contributed by atoms with Crippen molar-refractivity contribution in [2.45, 2.75) is 5.16 Å². The van der Waals surface area contributed by atoms with Gasteiger partial charge in [0.25, 0.3) is 5.56 Å². The van der Waals surface area contributed by atoms with Crippen LogP contribution in [-0.2, 0) is 0 Å². The second-order valence-corrected chi connectivity index (χ2v) is 5.91. The molecule has 0 radical (unpaired) electrons. The topological polar surface area (TPSA) is 69.5 Å². The summed E-state index contributed by atoms with van der Waals surface area (Å²) in [4.78, 5) is 18.9. The monoisotopic (exact) mass is 355 g/mol. The first-order valence-electron chi connectivity index (χ1n) is 7.17. The number of nitrogens with one attached hydrogen (secondary N) is 1. The van der Waals surface area contributed by atoms with Gasteiger partial charge < -0.3 is 4.98 Å². The molecular formula is C18H11F2N3OS. The van der Waals surface area contributed by atoms with E-state index in [0.717, 1.165) is 6.07 Å². The van der Waals surface area contributed by atoms with Gasteiger partial charge in [-0.25, -0.2) is 13.8 Å². The summed E-state index contributed by atoms with van der Waals surface area (Å²) in [6.45, 7) is 0. The Bertz CT molecular complexity index is 1060. The van der Waals surface area contributed by atoms with Gasteiger partial charge in [-0.2, -0.15) is 5.26 Å². The number of nitriles is 1. The van der Waals surface area contributed by atoms with Crippen molar-refractivity contribution in [3.8, 4) is 28.5 Å². The molecule has 4 nitrogen and oxygen atoms in total. The zero-order valence-electron chi connectivity index (χ0n) is 13.0. The minimum atomic E-state index is -0.693. The molecule has 1 heterocycles. The van der Waals surface area contributed by atoms with Crippen LogP contribution in [0.2, 0.25) is 0 Å². The number of hydrogen-bond donors (Lipinski definition) is 1. The van der Waals surface area contributed by atoms with Gasteiger partial charge >= 0.3 is 0 Å². The summed E-state index contributed by atoms with van der Waals surface area (Å²) in [7, 11) is 0. The first-order chi connectivity index (χ1) is 12.0. The molecule has 0 spiro atoms. The van der Waals surface area contributed by atoms with E-state index < -0.39 is 17.2 Å². The number of aromatic nitrogens is 2. The van der Waals surface area contributed by atoms with Crippen LogP contribution in [0.4, 0.5) is 8.78 Å². The molecule has 124 valence electrons. The summed E-state index contributed by atoms with van der Waals surface area (Å²) in [6.07, 6.45) is 1.75. The first-order valence-corrected chi connectivity index (χ1v) is 8.40. The molecule has 7 heteroatoms. The largest absolute Gasteiger partial charge is 0.300 e. The van der Waals surface area contributed by atoms with E-state index in [-0.39, 0.29) is 16.8 Å². The zero-order chi connectivity index (χ0) is 18.0. The van der Waals surface area contributed by atoms with Crippen LogP contribution in [-0.4, -0.2) is 16.2 Å². The van der Waals surface area contributed by atoms with Crippen LogP contribution in [0.3, 0.4) is 0 Å². The molecule has 0 amide bonds. The highest BCUT2D eigenvalue weighted by molar-refractivity contribution is 7.98. The van der Waals surface area contributed by atoms with Gasteiger partial charge in [0.1, 0.15) is 23.3 Å². The van der Waals surface area contributed by atoms with E-state index in [1.54, 1.807) is 30.5 Å². The number of halogens is 2. The maximum absolute atomic E-state index is 14.0. The van der Waals surface area contributed by atoms with E-state index in [1.165, 1.54) is 23.9 Å². The normalized spacial score (nSPS) is 10.5. The molecule has 0 fully saturated rings. The van der Waals surface area contributed by atoms with Crippen molar-refractivity contribution < 1.29 is 8.78 Å². The van der Waals surface area contributed by atoms with Gasteiger partial charge in [-0.15, -0.1) is 0 Å². The predicted octanol–water partition coefficient (Wildman–Crippen LogP) is 3.98. The van der Waals surface area contributed by atoms with E-state index in [4.69, 9.17) is 0 Å². The zero-order valence-corrected chi connectivity index (χ0v) is 13.8. The van der Waals surface area contributed by atoms with Crippen molar-refractivity contribution in [1.82, 2.24) is 9.97 Å². The third-order valence-corrected chi connectivity index (χ3v) is 4.16. The minimum Gasteiger partial charge on any atom is -0.300 e. The Balaban J connectivity index is 2.19. The van der Waals surface area contributed by atoms with Crippen molar-refractivity contribution >= 4 is 11.8 Å². The van der Waals surface area contributed by atoms with E-state index in [0.29, 0.717) is 16.3 Å². The third kappa shape index (κ3) is 3.30. The highest BCUT2D eigenvalue weighted by Crippen LogP contribution is 2.29. The standard InChI is InChI=1S/C18H11F2N3OS/c1-25-18-22-16(14(9-21)17(24)23-18)11-4-2-3-10(7-11)13-6-5-12(19)8-15(13)20/h2-8H,1H3,(H,22,23,24). The molecule has 0 aliphatic carbocycles. The van der Waals surface area contributed by atoms with Crippen LogP contribution in [0.5, 0.6) is 0 Å². The van der Waals surface area contributed by atoms with Crippen molar-refractivity contribution in [3.05, 3.63) is 70.0 Å². The Kier molecular flexibility index (Phi) is 4.63. The summed E-state index contributed by atoms with van der Waals surface area (Å²) in [5.41, 5.74) is 0.784. The lowest BCUT2D eigenvalue weighted by Gasteiger charge is -2.08. The van der Waals surface area contributed by atoms with Crippen LogP contribution in [0.25, 0.3) is 22.4 Å². The quantitative estimate of drug-likeness (QED) is 0.570. The highest BCUT2D eigenvalue weighted by Gasteiger charge is 2.14. The average Bonchev–Trinajstić information content (AvgIpc) is 2.61. The Morgan fingerprint density at radius 1 is 1.16 bits per heavy atom. The molecule has 0 unspecified atom stereocenters. The van der Waals surface area contributed by atoms with Gasteiger partial charge in [0, 0.05) is 17.2 Å². The summed E-state index contributed by atoms with van der Waals surface area (Å²) in [6, 6.07) is 11.8. The Morgan fingerprint density at radius 2 is 1.92 bits per heavy atom. The van der Waals surface area contributed by atoms with Gasteiger partial charge in [0.05, 0.1) is 5.69 Å². The van der Waals surface area contributed by atoms with Gasteiger partial charge in [-0.3, -0.25) is 4.79 Å². The Hall–Kier alpha value is -2.98. The number of benzene rings is 2. The Labute approximate surface area is 146 Å². The maximum Gasteiger partial charge on any atom is 0.270 e. The second-order valence-electron chi connectivity index (χ2n) is 5.12. The third-order valence-electron chi connectivity index (χ3n) is 3.58. The van der Waals surface area contributed by atoms with Crippen molar-refractivity contribution in [3.63, 3.8) is 0 Å². The number of rotatable bonds is 3. The number of aromatic amines is 1. The first kappa shape index (κ1) is 16.9. The number of hydrogen-bond acceptors (Lipinski definition) is 4. The van der Waals surface area contributed by atoms with Gasteiger partial charge in [0.2, 0.25) is 0 Å². The van der Waals surface area contributed by atoms with Crippen LogP contribution in [0, 0.1) is 23.0 Å². The Morgan fingerprint density at radius 3 is 2.60 bits per heavy atom. The summed E-state index contributed by atoms with van der Waals surface area (Å²) < 4.78 is 27.1. The molecule has 1 aromatic heterocycles. The summed E-state index contributed by atoms with van der Waals surface area (Å²) in [5, 5.41) is 9.64. The fourth-order valence-corrected chi connectivity index (χ4v) is 2.80. The fraction of sp³-hybridized carbons (Fsp3) is 0.0556. The number of thioether (sulfide) groups is 1. The van der Waals surface area contributed by atoms with Crippen LogP contribution < -0.4 is 5.56 Å². The predicted molar refractivity (Wildman–Crippen MR) is 92.1 cm³/mol. The molecule has 0 saturated heterocycles. The van der Waals surface area contributed by atoms with Gasteiger partial charge in [-0.1, -0.05) is 30.0 Å². The lowest BCUT2D eigenvalue weighted by atomic mass is 10.00. The molecule has 0 aliphatic heterocycles. The lowest BCUT2D eigenvalue weighted by Crippen LogP contribution is -2.14. The van der Waals surface area contributed by atoms with Crippen molar-refractivity contribution in [2.24, 2.45) is 0 Å². The summed E-state index contributed by atoms with van der Waals surface area (Å²) >= 11 is 1.24. The van der Waals surface area contributed by atoms with Crippen molar-refractivity contribution in [2.75, 3.05) is 6.26 Å². The van der Waals surface area contributed by atoms with Crippen LogP contribution in [0.15, 0.2) is 52.4 Å². The van der Waals surface area contributed by atoms with Crippen LogP contribution >= 0.6 is 11.8 Å². The van der Waals surface area contributed by atoms with Crippen LogP contribution in [0.1, 0.15) is 5.56 Å². The average molecular weight is 355 g/mol. The molecular weight excluding hydrogens is 344 g/mol. The second kappa shape index (κ2) is 6.87. The maximum atomic E-state index is 14.0. The lowest BCUT2D eigenvalue weighted by molar-refractivity contribution is 0.585. The number of nitrogens with zero attached hydrogens (tertiary/aromatic N) is 2. The fourth-order valence-electron chi connectivity index (χ4n) is 2.42. The van der Waals surface area contributed by atoms with E-state index in [9.17, 15) is 18.8 Å². The molecule has 0 saturated carbocycles. The van der Waals surface area contributed by atoms with E-state index in [2.05, 4.69) is 9.97 Å². The molecule has 0 bridgehead atoms. The molecule has 2 aromatic carbocycles. The molecule has 3 rings (SSSR count). The van der Waals surface area contributed by atoms with Crippen molar-refractivity contribution in [1.29, 1.82) is 5.26 Å². The molecule has 0 atom stereocenters. The number of H-pyrrole nitrogens is 1. The summed E-state index contributed by atoms with van der Waals surface area (Å²) in [5.74, 6) is -1.36. The minimum absolute atomic E-state index is 0.116. The van der Waals surface area contributed by atoms with E-state index >= 15 is 0 Å².